The zero-order chi connectivity index (χ0) is 60.4. The smallest absolute Gasteiger partial charge is 0.412 e. The maximum absolute atomic E-state index is 11.4. The molecular weight excluding hydrogens is 1200 g/mol. The average molecular weight is 1300 g/mol. The van der Waals surface area contributed by atoms with Crippen molar-refractivity contribution in [3.05, 3.63) is 57.0 Å². The van der Waals surface area contributed by atoms with Crippen molar-refractivity contribution in [3.63, 3.8) is 0 Å². The van der Waals surface area contributed by atoms with Crippen LogP contribution in [0.25, 0.3) is 0 Å². The fourth-order valence-electron chi connectivity index (χ4n) is 13.4. The third-order valence-electron chi connectivity index (χ3n) is 17.2. The number of nitrogens with two attached hydrogens (primary N) is 1. The van der Waals surface area contributed by atoms with Crippen LogP contribution in [0.15, 0.2) is 49.6 Å². The largest absolute Gasteiger partial charge is 0.437 e. The minimum absolute atomic E-state index is 0. The molecule has 14 atom stereocenters. The number of aliphatic hydroxyl groups excluding tert-OH is 1. The monoisotopic (exact) mass is 1300 g/mol. The number of fused-ring (bicyclic) bond motifs is 6. The van der Waals surface area contributed by atoms with Crippen molar-refractivity contribution in [2.24, 2.45) is 47.2 Å². The van der Waals surface area contributed by atoms with Crippen LogP contribution < -0.4 is 26.7 Å². The van der Waals surface area contributed by atoms with Gasteiger partial charge in [-0.25, -0.2) is 9.97 Å². The Hall–Kier alpha value is -3.33. The number of hydrogen-bond donors (Lipinski definition) is 11. The van der Waals surface area contributed by atoms with E-state index in [9.17, 15) is 37.9 Å². The molecule has 3 aliphatic heterocycles. The predicted octanol–water partition coefficient (Wildman–Crippen LogP) is 0.731. The number of hydrogen-bond acceptors (Lipinski definition) is 20. The molecule has 32 heteroatoms. The summed E-state index contributed by atoms with van der Waals surface area (Å²) in [6.07, 6.45) is 33.6. The number of piperidine rings is 1. The fraction of sp³-hybridized carbons (Fsp3) is 0.774. The molecule has 10 aliphatic rings. The van der Waals surface area contributed by atoms with E-state index in [2.05, 4.69) is 47.2 Å². The van der Waals surface area contributed by atoms with E-state index in [1.54, 1.807) is 69.0 Å². The number of amides is 3. The number of rotatable bonds is 16. The fourth-order valence-corrected chi connectivity index (χ4v) is 13.8. The van der Waals surface area contributed by atoms with Crippen LogP contribution in [0.3, 0.4) is 0 Å². The summed E-state index contributed by atoms with van der Waals surface area (Å²) in [5, 5.41) is 74.9. The van der Waals surface area contributed by atoms with Crippen LogP contribution in [-0.2, 0) is 62.2 Å². The summed E-state index contributed by atoms with van der Waals surface area (Å²) < 4.78 is 30.1. The molecule has 2 aromatic heterocycles. The second-order valence-corrected chi connectivity index (χ2v) is 26.2. The quantitative estimate of drug-likeness (QED) is 0.0478. The van der Waals surface area contributed by atoms with Crippen LogP contribution in [0.1, 0.15) is 109 Å². The van der Waals surface area contributed by atoms with Crippen molar-refractivity contribution in [1.29, 1.82) is 0 Å². The zero-order valence-electron chi connectivity index (χ0n) is 51.0. The van der Waals surface area contributed by atoms with Gasteiger partial charge in [-0.15, -0.1) is 0 Å². The molecule has 0 aromatic carbocycles. The molecule has 12 rings (SSSR count). The summed E-state index contributed by atoms with van der Waals surface area (Å²) in [5.41, 5.74) is 5.81. The van der Waals surface area contributed by atoms with Gasteiger partial charge in [0.1, 0.15) is 25.3 Å². The molecule has 14 unspecified atom stereocenters. The van der Waals surface area contributed by atoms with Gasteiger partial charge in [0, 0.05) is 70.2 Å². The Morgan fingerprint density at radius 1 is 0.624 bits per heavy atom. The average Bonchev–Trinajstić information content (AvgIpc) is 3.58. The Kier molecular flexibility index (Phi) is 31.7. The SMILES string of the molecule is CB(O)N1C(=O)C2C=CC1C2.CB(O)N1C(=O)C2CCC1C2.CB(O)NC1CCC(CO)C1.CB(O)NC1CCC(COS(C)(=O)=O)C1.CB(O)NC1CCC(Cn2cncn2)C1.NC1CCC(Cn2cncn2)C1.O=C1NC2C=CC1C2.[CH3-].[Pd]. The second-order valence-electron chi connectivity index (χ2n) is 24.6. The van der Waals surface area contributed by atoms with E-state index < -0.39 is 45.4 Å². The topological polar surface area (TPSA) is 358 Å². The Balaban J connectivity index is 0.000000213. The van der Waals surface area contributed by atoms with Gasteiger partial charge in [-0.2, -0.15) is 18.6 Å². The summed E-state index contributed by atoms with van der Waals surface area (Å²) >= 11 is 0. The van der Waals surface area contributed by atoms with Crippen molar-refractivity contribution >= 4 is 63.1 Å². The Labute approximate surface area is 520 Å². The van der Waals surface area contributed by atoms with Crippen LogP contribution in [0.4, 0.5) is 0 Å². The van der Waals surface area contributed by atoms with Crippen molar-refractivity contribution in [1.82, 2.24) is 60.2 Å². The summed E-state index contributed by atoms with van der Waals surface area (Å²) in [7, 11) is -5.88. The summed E-state index contributed by atoms with van der Waals surface area (Å²) in [4.78, 5) is 44.4. The third kappa shape index (κ3) is 24.9. The van der Waals surface area contributed by atoms with Crippen molar-refractivity contribution < 1.29 is 77.6 Å². The molecule has 25 nitrogen and oxygen atoms in total. The van der Waals surface area contributed by atoms with Crippen LogP contribution in [0, 0.1) is 48.9 Å². The molecule has 3 saturated heterocycles. The molecule has 5 heterocycles. The molecule has 5 saturated carbocycles. The van der Waals surface area contributed by atoms with Gasteiger partial charge in [-0.3, -0.25) is 27.9 Å². The van der Waals surface area contributed by atoms with Gasteiger partial charge in [0.05, 0.1) is 24.7 Å². The summed E-state index contributed by atoms with van der Waals surface area (Å²) in [6.45, 7) is 10.9. The van der Waals surface area contributed by atoms with Gasteiger partial charge < -0.3 is 74.0 Å². The third-order valence-corrected chi connectivity index (χ3v) is 17.7. The van der Waals surface area contributed by atoms with E-state index >= 15 is 0 Å². The Morgan fingerprint density at radius 3 is 1.48 bits per heavy atom. The van der Waals surface area contributed by atoms with Crippen LogP contribution >= 0.6 is 0 Å². The standard InChI is InChI=1S/C9H17BN4O.C8H18BNO4S.C8H14N4.C7H12BNO2.C7H10BNO2.C7H16BNO2.C6H7NO.CH3.Pd/c1-10(15)13-9-3-2-8(4-9)5-14-7-11-6-12-14;1-9(11)10-8-4-3-7(5-8)6-14-15(2,12)13;9-8-2-1-7(3-8)4-12-6-10-5-11-12;2*1-8(11)9-6-3-2-5(4-6)7(9)10;1-8(11)9-7-3-2-6(4-7)5-10;8-6-4-1-2-5(3-4)7-6;;/h6-9,13,15H,2-5H2,1H3;7-8,10-11H,3-6H2,1-2H3;5-8H,1-4,9H2;5-6,11H,2-4H2,1H3;2-3,5-6,11H,4H2,1H3;6-7,9-11H,2-5H2,1H3;1-2,4-5H,3H2,(H,7,8);1H3;/q;;;;;;;-1;. The number of nitrogens with zero attached hydrogens (tertiary/aromatic N) is 8. The number of aliphatic hydroxyl groups is 1. The van der Waals surface area contributed by atoms with Crippen LogP contribution in [0.2, 0.25) is 34.1 Å². The molecule has 2 aromatic rings. The molecule has 478 valence electrons. The number of carbonyl (C=O) groups is 3. The first-order valence-corrected chi connectivity index (χ1v) is 32.1. The van der Waals surface area contributed by atoms with Gasteiger partial charge >= 0.3 is 35.3 Å². The first-order chi connectivity index (χ1) is 39.4. The van der Waals surface area contributed by atoms with Gasteiger partial charge in [0.25, 0.3) is 10.1 Å². The number of aromatic nitrogens is 6. The van der Waals surface area contributed by atoms with E-state index in [1.165, 1.54) is 19.3 Å². The zero-order valence-corrected chi connectivity index (χ0v) is 53.3. The second kappa shape index (κ2) is 36.4. The maximum Gasteiger partial charge on any atom is 0.412 e. The van der Waals surface area contributed by atoms with Crippen LogP contribution in [-0.4, -0.2) is 193 Å². The molecule has 7 aliphatic carbocycles. The molecule has 0 radical (unpaired) electrons. The molecule has 85 heavy (non-hydrogen) atoms. The minimum atomic E-state index is -3.32. The first-order valence-electron chi connectivity index (χ1n) is 30.3. The Bertz CT molecular complexity index is 2450. The number of nitrogens with one attached hydrogen (secondary N) is 4. The predicted molar refractivity (Wildman–Crippen MR) is 327 cm³/mol. The summed E-state index contributed by atoms with van der Waals surface area (Å²) in [5.74, 6) is 3.03. The molecular formula is C53H97B5N13O12PdS-. The van der Waals surface area contributed by atoms with Crippen molar-refractivity contribution in [3.8, 4) is 0 Å². The van der Waals surface area contributed by atoms with Crippen molar-refractivity contribution in [2.45, 2.75) is 199 Å². The Morgan fingerprint density at radius 2 is 1.13 bits per heavy atom. The van der Waals surface area contributed by atoms with Gasteiger partial charge in [0.15, 0.2) is 0 Å². The van der Waals surface area contributed by atoms with Crippen molar-refractivity contribution in [2.75, 3.05) is 19.5 Å². The first kappa shape index (κ1) is 74.1. The van der Waals surface area contributed by atoms with E-state index in [0.29, 0.717) is 48.0 Å². The summed E-state index contributed by atoms with van der Waals surface area (Å²) in [6, 6.07) is 2.43. The van der Waals surface area contributed by atoms with Gasteiger partial charge in [-0.1, -0.05) is 24.3 Å². The van der Waals surface area contributed by atoms with Gasteiger partial charge in [0.2, 0.25) is 17.7 Å². The van der Waals surface area contributed by atoms with E-state index in [-0.39, 0.29) is 94.5 Å². The van der Waals surface area contributed by atoms with E-state index in [1.807, 2.05) is 27.6 Å². The molecule has 12 N–H and O–H groups in total. The van der Waals surface area contributed by atoms with Gasteiger partial charge in [-0.05, 0) is 185 Å². The van der Waals surface area contributed by atoms with E-state index in [4.69, 9.17) is 25.1 Å². The normalized spacial score (nSPS) is 30.2. The van der Waals surface area contributed by atoms with E-state index in [0.717, 1.165) is 109 Å². The molecule has 6 bridgehead atoms. The number of carbonyl (C=O) groups excluding carboxylic acids is 3. The van der Waals surface area contributed by atoms with Crippen LogP contribution in [0.5, 0.6) is 0 Å². The molecule has 0 spiro atoms. The molecule has 3 amide bonds. The molecule has 8 fully saturated rings. The maximum atomic E-state index is 11.4. The minimum Gasteiger partial charge on any atom is -0.437 e.